The molecule has 18 heavy (non-hydrogen) atoms. The van der Waals surface area contributed by atoms with Gasteiger partial charge in [-0.1, -0.05) is 6.07 Å². The lowest BCUT2D eigenvalue weighted by atomic mass is 10.0. The molecular formula is C14H18FN3. The number of rotatable bonds is 3. The first-order chi connectivity index (χ1) is 8.65. The lowest BCUT2D eigenvalue weighted by Crippen LogP contribution is -2.37. The molecular weight excluding hydrogens is 229 g/mol. The average molecular weight is 247 g/mol. The SMILES string of the molecule is Cc1ccc(F)cc1C1CN=C(N)N1CC1CC1. The van der Waals surface area contributed by atoms with E-state index in [9.17, 15) is 4.39 Å². The Morgan fingerprint density at radius 1 is 1.44 bits per heavy atom. The Labute approximate surface area is 106 Å². The Hall–Kier alpha value is -1.58. The third-order valence-corrected chi connectivity index (χ3v) is 3.85. The Bertz CT molecular complexity index is 494. The highest BCUT2D eigenvalue weighted by molar-refractivity contribution is 5.80. The van der Waals surface area contributed by atoms with E-state index in [1.807, 2.05) is 13.0 Å². The van der Waals surface area contributed by atoms with Gasteiger partial charge in [0.05, 0.1) is 12.6 Å². The molecule has 3 nitrogen and oxygen atoms in total. The van der Waals surface area contributed by atoms with Gasteiger partial charge in [0, 0.05) is 6.54 Å². The van der Waals surface area contributed by atoms with Crippen LogP contribution in [0.15, 0.2) is 23.2 Å². The third-order valence-electron chi connectivity index (χ3n) is 3.85. The van der Waals surface area contributed by atoms with E-state index in [0.29, 0.717) is 12.5 Å². The summed E-state index contributed by atoms with van der Waals surface area (Å²) in [5.74, 6) is 1.16. The van der Waals surface area contributed by atoms with Crippen LogP contribution in [0.3, 0.4) is 0 Å². The zero-order chi connectivity index (χ0) is 12.7. The van der Waals surface area contributed by atoms with Crippen LogP contribution in [0.4, 0.5) is 4.39 Å². The number of aliphatic imine (C=N–C) groups is 1. The number of halogens is 1. The van der Waals surface area contributed by atoms with Gasteiger partial charge in [0.25, 0.3) is 0 Å². The van der Waals surface area contributed by atoms with Crippen molar-refractivity contribution in [2.45, 2.75) is 25.8 Å². The monoisotopic (exact) mass is 247 g/mol. The summed E-state index contributed by atoms with van der Waals surface area (Å²) in [4.78, 5) is 6.46. The second-order valence-electron chi connectivity index (χ2n) is 5.31. The predicted molar refractivity (Wildman–Crippen MR) is 69.8 cm³/mol. The molecule has 1 atom stereocenters. The van der Waals surface area contributed by atoms with Crippen molar-refractivity contribution < 1.29 is 4.39 Å². The van der Waals surface area contributed by atoms with Gasteiger partial charge in [-0.2, -0.15) is 0 Å². The zero-order valence-corrected chi connectivity index (χ0v) is 10.6. The van der Waals surface area contributed by atoms with Gasteiger partial charge >= 0.3 is 0 Å². The molecule has 1 heterocycles. The molecule has 0 saturated heterocycles. The highest BCUT2D eigenvalue weighted by Gasteiger charge is 2.33. The molecule has 1 aromatic rings. The molecule has 1 aromatic carbocycles. The summed E-state index contributed by atoms with van der Waals surface area (Å²) in [5.41, 5.74) is 8.07. The largest absolute Gasteiger partial charge is 0.370 e. The molecule has 3 rings (SSSR count). The molecule has 0 amide bonds. The van der Waals surface area contributed by atoms with Gasteiger partial charge in [0.2, 0.25) is 0 Å². The summed E-state index contributed by atoms with van der Waals surface area (Å²) < 4.78 is 13.4. The minimum Gasteiger partial charge on any atom is -0.370 e. The number of guanidine groups is 1. The van der Waals surface area contributed by atoms with Gasteiger partial charge in [-0.05, 0) is 48.9 Å². The van der Waals surface area contributed by atoms with Crippen molar-refractivity contribution in [1.82, 2.24) is 4.90 Å². The maximum Gasteiger partial charge on any atom is 0.191 e. The Balaban J connectivity index is 1.88. The first-order valence-electron chi connectivity index (χ1n) is 6.48. The number of nitrogens with zero attached hydrogens (tertiary/aromatic N) is 2. The van der Waals surface area contributed by atoms with Crippen LogP contribution in [0.1, 0.15) is 30.0 Å². The molecule has 4 heteroatoms. The molecule has 2 N–H and O–H groups in total. The van der Waals surface area contributed by atoms with E-state index in [-0.39, 0.29) is 11.9 Å². The van der Waals surface area contributed by atoms with Crippen molar-refractivity contribution in [3.63, 3.8) is 0 Å². The quantitative estimate of drug-likeness (QED) is 0.889. The fourth-order valence-electron chi connectivity index (χ4n) is 2.56. The summed E-state index contributed by atoms with van der Waals surface area (Å²) in [6.45, 7) is 3.61. The van der Waals surface area contributed by atoms with Crippen LogP contribution < -0.4 is 5.73 Å². The van der Waals surface area contributed by atoms with Gasteiger partial charge in [-0.3, -0.25) is 4.99 Å². The summed E-state index contributed by atoms with van der Waals surface area (Å²) in [7, 11) is 0. The van der Waals surface area contributed by atoms with E-state index in [1.165, 1.54) is 18.9 Å². The minimum absolute atomic E-state index is 0.112. The number of hydrogen-bond donors (Lipinski definition) is 1. The van der Waals surface area contributed by atoms with E-state index in [4.69, 9.17) is 5.73 Å². The molecule has 1 fully saturated rings. The number of nitrogens with two attached hydrogens (primary N) is 1. The molecule has 0 radical (unpaired) electrons. The van der Waals surface area contributed by atoms with Crippen molar-refractivity contribution in [3.8, 4) is 0 Å². The first kappa shape index (κ1) is 11.5. The number of benzene rings is 1. The fourth-order valence-corrected chi connectivity index (χ4v) is 2.56. The van der Waals surface area contributed by atoms with Crippen LogP contribution in [0.2, 0.25) is 0 Å². The topological polar surface area (TPSA) is 41.6 Å². The zero-order valence-electron chi connectivity index (χ0n) is 10.6. The van der Waals surface area contributed by atoms with Gasteiger partial charge in [0.15, 0.2) is 5.96 Å². The van der Waals surface area contributed by atoms with Gasteiger partial charge < -0.3 is 10.6 Å². The lowest BCUT2D eigenvalue weighted by Gasteiger charge is -2.27. The van der Waals surface area contributed by atoms with Crippen LogP contribution in [0, 0.1) is 18.7 Å². The highest BCUT2D eigenvalue weighted by atomic mass is 19.1. The number of hydrogen-bond acceptors (Lipinski definition) is 3. The Kier molecular flexibility index (Phi) is 2.73. The van der Waals surface area contributed by atoms with Gasteiger partial charge in [0.1, 0.15) is 5.82 Å². The fraction of sp³-hybridized carbons (Fsp3) is 0.500. The Morgan fingerprint density at radius 3 is 2.94 bits per heavy atom. The van der Waals surface area contributed by atoms with E-state index in [2.05, 4.69) is 9.89 Å². The van der Waals surface area contributed by atoms with Gasteiger partial charge in [-0.15, -0.1) is 0 Å². The summed E-state index contributed by atoms with van der Waals surface area (Å²) in [6, 6.07) is 5.06. The maximum atomic E-state index is 13.4. The molecule has 1 saturated carbocycles. The van der Waals surface area contributed by atoms with Crippen molar-refractivity contribution in [2.24, 2.45) is 16.6 Å². The molecule has 0 aromatic heterocycles. The molecule has 1 aliphatic carbocycles. The summed E-state index contributed by atoms with van der Waals surface area (Å²) in [6.07, 6.45) is 2.55. The van der Waals surface area contributed by atoms with Crippen LogP contribution in [0.25, 0.3) is 0 Å². The van der Waals surface area contributed by atoms with E-state index in [0.717, 1.165) is 23.6 Å². The Morgan fingerprint density at radius 2 is 2.22 bits per heavy atom. The second-order valence-corrected chi connectivity index (χ2v) is 5.31. The van der Waals surface area contributed by atoms with E-state index in [1.54, 1.807) is 6.07 Å². The molecule has 0 bridgehead atoms. The van der Waals surface area contributed by atoms with Crippen LogP contribution in [-0.2, 0) is 0 Å². The van der Waals surface area contributed by atoms with Crippen molar-refractivity contribution in [1.29, 1.82) is 0 Å². The van der Waals surface area contributed by atoms with Gasteiger partial charge in [-0.25, -0.2) is 4.39 Å². The number of aryl methyl sites for hydroxylation is 1. The van der Waals surface area contributed by atoms with E-state index >= 15 is 0 Å². The van der Waals surface area contributed by atoms with E-state index < -0.39 is 0 Å². The second kappa shape index (κ2) is 4.26. The van der Waals surface area contributed by atoms with Crippen LogP contribution >= 0.6 is 0 Å². The lowest BCUT2D eigenvalue weighted by molar-refractivity contribution is 0.332. The van der Waals surface area contributed by atoms with Crippen LogP contribution in [0.5, 0.6) is 0 Å². The molecule has 1 aliphatic heterocycles. The predicted octanol–water partition coefficient (Wildman–Crippen LogP) is 2.22. The van der Waals surface area contributed by atoms with Crippen LogP contribution in [-0.4, -0.2) is 23.9 Å². The summed E-state index contributed by atoms with van der Waals surface area (Å²) >= 11 is 0. The first-order valence-corrected chi connectivity index (χ1v) is 6.48. The van der Waals surface area contributed by atoms with Crippen molar-refractivity contribution in [3.05, 3.63) is 35.1 Å². The molecule has 2 aliphatic rings. The minimum atomic E-state index is -0.188. The average Bonchev–Trinajstić information content (AvgIpc) is 3.09. The van der Waals surface area contributed by atoms with Crippen molar-refractivity contribution >= 4 is 5.96 Å². The molecule has 0 spiro atoms. The molecule has 96 valence electrons. The summed E-state index contributed by atoms with van der Waals surface area (Å²) in [5, 5.41) is 0. The standard InChI is InChI=1S/C14H18FN3/c1-9-2-5-11(15)6-12(9)13-7-17-14(16)18(13)8-10-3-4-10/h2,5-6,10,13H,3-4,7-8H2,1H3,(H2,16,17). The van der Waals surface area contributed by atoms with Crippen molar-refractivity contribution in [2.75, 3.05) is 13.1 Å². The molecule has 1 unspecified atom stereocenters. The third kappa shape index (κ3) is 2.07. The smallest absolute Gasteiger partial charge is 0.191 e. The maximum absolute atomic E-state index is 13.4. The highest BCUT2D eigenvalue weighted by Crippen LogP contribution is 2.35. The normalized spacial score (nSPS) is 23.3.